The van der Waals surface area contributed by atoms with E-state index in [1.807, 2.05) is 0 Å². The van der Waals surface area contributed by atoms with Crippen LogP contribution in [0.2, 0.25) is 0 Å². The predicted octanol–water partition coefficient (Wildman–Crippen LogP) is 2.46. The summed E-state index contributed by atoms with van der Waals surface area (Å²) in [6.07, 6.45) is 9.90. The lowest BCUT2D eigenvalue weighted by atomic mass is 9.81. The molecule has 2 saturated heterocycles. The van der Waals surface area contributed by atoms with Gasteiger partial charge in [-0.15, -0.1) is 23.2 Å². The van der Waals surface area contributed by atoms with E-state index in [1.165, 1.54) is 0 Å². The van der Waals surface area contributed by atoms with Crippen LogP contribution in [-0.4, -0.2) is 202 Å². The summed E-state index contributed by atoms with van der Waals surface area (Å²) < 4.78 is 36.7. The number of unbranched alkanes of at least 4 members (excludes halogenated alkanes) is 6. The van der Waals surface area contributed by atoms with Crippen molar-refractivity contribution in [1.29, 1.82) is 0 Å². The van der Waals surface area contributed by atoms with Crippen molar-refractivity contribution in [3.63, 3.8) is 0 Å². The number of H-pyrrole nitrogens is 2. The highest BCUT2D eigenvalue weighted by atomic mass is 35.5. The van der Waals surface area contributed by atoms with Gasteiger partial charge in [0.2, 0.25) is 23.7 Å². The van der Waals surface area contributed by atoms with Crippen LogP contribution in [0.1, 0.15) is 134 Å². The van der Waals surface area contributed by atoms with Crippen LogP contribution in [0.15, 0.2) is 46.2 Å². The van der Waals surface area contributed by atoms with E-state index in [0.717, 1.165) is 58.0 Å². The molecule has 8 rings (SSSR count). The molecular formula is C64H88Cl2N12O16. The number of anilines is 2. The largest absolute Gasteiger partial charge is 0.394 e. The molecule has 4 aromatic heterocycles. The minimum atomic E-state index is -0.891. The molecule has 0 radical (unpaired) electrons. The zero-order valence-corrected chi connectivity index (χ0v) is 54.2. The van der Waals surface area contributed by atoms with E-state index >= 15 is 0 Å². The van der Waals surface area contributed by atoms with Gasteiger partial charge in [0, 0.05) is 86.3 Å². The molecule has 2 unspecified atom stereocenters. The molecule has 6 heterocycles. The summed E-state index contributed by atoms with van der Waals surface area (Å²) in [6.45, 7) is 4.27. The van der Waals surface area contributed by atoms with E-state index in [9.17, 15) is 49.2 Å². The summed E-state index contributed by atoms with van der Waals surface area (Å²) in [5.74, 6) is 11.6. The topological polar surface area (TPSA) is 406 Å². The summed E-state index contributed by atoms with van der Waals surface area (Å²) in [6, 6.07) is 6.20. The minimum Gasteiger partial charge on any atom is -0.394 e. The number of alkyl halides is 2. The summed E-state index contributed by atoms with van der Waals surface area (Å²) in [5, 5.41) is 50.9. The second-order valence-electron chi connectivity index (χ2n) is 22.8. The monoisotopic (exact) mass is 1350 g/mol. The number of aliphatic hydroxyl groups is 4. The SMILES string of the molecule is Nc1nc2c(c(C#CCNC(=O)C3CCC(C(=O)NCCOCCOCCCCCCCl)CC3)cn2[C@H]2CC(O)[C@@H](CO)O2)c(=O)[nH]1.Nc1nc2c(c(C#CCNC(=O)c3ccc(C(=O)NCCOCCOCCCCCCCl)cc3)cn2[C@H]2CC(O)[C@@H](CO)O2)c(=O)[nH]1. The van der Waals surface area contributed by atoms with Gasteiger partial charge in [0.15, 0.2) is 11.3 Å². The van der Waals surface area contributed by atoms with Gasteiger partial charge in [0.25, 0.3) is 22.9 Å². The Kier molecular flexibility index (Phi) is 31.3. The molecule has 1 aromatic carbocycles. The van der Waals surface area contributed by atoms with Gasteiger partial charge in [-0.3, -0.25) is 38.7 Å². The Morgan fingerprint density at radius 3 is 1.38 bits per heavy atom. The Labute approximate surface area is 554 Å². The van der Waals surface area contributed by atoms with Crippen molar-refractivity contribution in [2.24, 2.45) is 11.8 Å². The molecule has 14 N–H and O–H groups in total. The molecule has 0 spiro atoms. The van der Waals surface area contributed by atoms with Gasteiger partial charge in [-0.05, 0) is 75.6 Å². The molecular weight excluding hydrogens is 1260 g/mol. The maximum atomic E-state index is 12.8. The molecule has 6 atom stereocenters. The molecule has 0 bridgehead atoms. The van der Waals surface area contributed by atoms with Crippen LogP contribution in [0.5, 0.6) is 0 Å². The van der Waals surface area contributed by atoms with Crippen LogP contribution < -0.4 is 43.9 Å². The van der Waals surface area contributed by atoms with Gasteiger partial charge in [-0.1, -0.05) is 49.4 Å². The Morgan fingerprint density at radius 1 is 0.564 bits per heavy atom. The average Bonchev–Trinajstić information content (AvgIpc) is 1.62. The quantitative estimate of drug-likeness (QED) is 0.0160. The maximum Gasteiger partial charge on any atom is 0.263 e. The summed E-state index contributed by atoms with van der Waals surface area (Å²) in [4.78, 5) is 89.3. The fourth-order valence-corrected chi connectivity index (χ4v) is 11.3. The number of aliphatic hydroxyl groups excluding tert-OH is 4. The number of nitrogen functional groups attached to an aromatic ring is 2. The fraction of sp³-hybridized carbons (Fsp3) is 0.594. The number of carbonyl (C=O) groups is 4. The molecule has 3 aliphatic rings. The lowest BCUT2D eigenvalue weighted by Gasteiger charge is -2.26. The molecule has 4 amide bonds. The molecule has 1 aliphatic carbocycles. The van der Waals surface area contributed by atoms with E-state index in [4.69, 9.17) is 63.1 Å². The van der Waals surface area contributed by atoms with E-state index in [2.05, 4.69) is 64.9 Å². The molecule has 3 fully saturated rings. The number of ether oxygens (including phenoxy) is 6. The number of hydrogen-bond acceptors (Lipinski definition) is 20. The highest BCUT2D eigenvalue weighted by Crippen LogP contribution is 2.34. The minimum absolute atomic E-state index is 0.0127. The van der Waals surface area contributed by atoms with Gasteiger partial charge >= 0.3 is 0 Å². The highest BCUT2D eigenvalue weighted by molar-refractivity contribution is 6.18. The van der Waals surface area contributed by atoms with Crippen LogP contribution in [0.25, 0.3) is 22.1 Å². The molecule has 1 saturated carbocycles. The fourth-order valence-electron chi connectivity index (χ4n) is 10.9. The first kappa shape index (κ1) is 74.2. The van der Waals surface area contributed by atoms with Crippen LogP contribution in [-0.2, 0) is 38.0 Å². The molecule has 30 heteroatoms. The third-order valence-electron chi connectivity index (χ3n) is 16.0. The maximum absolute atomic E-state index is 12.8. The number of nitrogens with two attached hydrogens (primary N) is 2. The molecule has 514 valence electrons. The van der Waals surface area contributed by atoms with E-state index in [0.29, 0.717) is 119 Å². The standard InChI is InChI=1S/C32H47ClN6O8.C32H41ClN6O8/c2*33-11-3-1-2-4-14-45-16-17-46-15-13-36-30(43)22-9-7-21(8-10-22)29(42)35-12-5-6-23-19-39(26-18-24(41)25(20-40)47-26)28-27(23)31(44)38-32(34)37-28/h19,21-22,24-26,40-41H,1-4,7-18,20H2,(H,35,42)(H,36,43)(H3,34,37,38,44);7-10,19,24-26,40-41H,1-4,11-18,20H2,(H,35,42)(H,36,43)(H3,34,37,38,44)/t21?,22?,24?,25-,26-;24?,25-,26-/m11/s1. The number of aromatic amines is 2. The predicted molar refractivity (Wildman–Crippen MR) is 351 cm³/mol. The summed E-state index contributed by atoms with van der Waals surface area (Å²) in [7, 11) is 0. The first-order chi connectivity index (χ1) is 45.6. The number of nitrogens with zero attached hydrogens (tertiary/aromatic N) is 4. The van der Waals surface area contributed by atoms with Crippen LogP contribution in [0.4, 0.5) is 11.9 Å². The van der Waals surface area contributed by atoms with Crippen LogP contribution in [0.3, 0.4) is 0 Å². The Morgan fingerprint density at radius 2 is 0.957 bits per heavy atom. The van der Waals surface area contributed by atoms with E-state index < -0.39 is 53.9 Å². The van der Waals surface area contributed by atoms with Crippen LogP contribution >= 0.6 is 23.2 Å². The number of nitrogens with one attached hydrogen (secondary N) is 6. The van der Waals surface area contributed by atoms with E-state index in [-0.39, 0.29) is 103 Å². The van der Waals surface area contributed by atoms with E-state index in [1.54, 1.807) is 45.8 Å². The normalized spacial score (nSPS) is 20.0. The van der Waals surface area contributed by atoms with Gasteiger partial charge in [-0.25, -0.2) is 0 Å². The van der Waals surface area contributed by atoms with Crippen LogP contribution in [0, 0.1) is 35.5 Å². The molecule has 5 aromatic rings. The summed E-state index contributed by atoms with van der Waals surface area (Å²) in [5.41, 5.74) is 12.4. The first-order valence-corrected chi connectivity index (χ1v) is 33.0. The smallest absolute Gasteiger partial charge is 0.263 e. The van der Waals surface area contributed by atoms with Crippen molar-refractivity contribution in [1.82, 2.24) is 50.3 Å². The zero-order valence-electron chi connectivity index (χ0n) is 52.7. The second-order valence-corrected chi connectivity index (χ2v) is 23.5. The third-order valence-corrected chi connectivity index (χ3v) is 16.5. The van der Waals surface area contributed by atoms with Crippen molar-refractivity contribution in [3.8, 4) is 23.7 Å². The highest BCUT2D eigenvalue weighted by Gasteiger charge is 2.37. The number of hydrogen-bond donors (Lipinski definition) is 12. The number of carbonyl (C=O) groups excluding carboxylic acids is 4. The van der Waals surface area contributed by atoms with Crippen molar-refractivity contribution in [3.05, 3.63) is 79.6 Å². The Bertz CT molecular complexity index is 3480. The van der Waals surface area contributed by atoms with Crippen molar-refractivity contribution in [2.45, 2.75) is 127 Å². The van der Waals surface area contributed by atoms with Gasteiger partial charge in [0.05, 0.1) is 100 Å². The number of fused-ring (bicyclic) bond motifs is 2. The second kappa shape index (κ2) is 39.6. The van der Waals surface area contributed by atoms with Crippen molar-refractivity contribution >= 4 is 80.8 Å². The molecule has 28 nitrogen and oxygen atoms in total. The number of amides is 4. The van der Waals surface area contributed by atoms with Crippen molar-refractivity contribution in [2.75, 3.05) is 115 Å². The lowest BCUT2D eigenvalue weighted by molar-refractivity contribution is -0.130. The van der Waals surface area contributed by atoms with Gasteiger partial charge in [-0.2, -0.15) is 9.97 Å². The number of benzene rings is 1. The first-order valence-electron chi connectivity index (χ1n) is 32.0. The molecule has 94 heavy (non-hydrogen) atoms. The van der Waals surface area contributed by atoms with Gasteiger partial charge in [0.1, 0.15) is 24.7 Å². The summed E-state index contributed by atoms with van der Waals surface area (Å²) >= 11 is 11.3. The molecule has 2 aliphatic heterocycles. The lowest BCUT2D eigenvalue weighted by Crippen LogP contribution is -2.38. The Hall–Kier alpha value is -7.16. The number of halogens is 2. The Balaban J connectivity index is 0.000000266. The van der Waals surface area contributed by atoms with Gasteiger partial charge < -0.3 is 90.7 Å². The zero-order chi connectivity index (χ0) is 67.2. The third kappa shape index (κ3) is 22.5. The van der Waals surface area contributed by atoms with Crippen molar-refractivity contribution < 1.29 is 68.0 Å². The number of aromatic nitrogens is 6. The average molecular weight is 1350 g/mol. The number of rotatable bonds is 34.